The van der Waals surface area contributed by atoms with Crippen molar-refractivity contribution in [2.24, 2.45) is 0 Å². The molecule has 0 heterocycles. The SMILES string of the molecule is CC(=O)Oc1ccc(C(=O)COC(=O)c2ccc(NC(=O)COc3ccccc3C)cc2)cc1. The Hall–Kier alpha value is -4.46. The molecule has 34 heavy (non-hydrogen) atoms. The van der Waals surface area contributed by atoms with Gasteiger partial charge in [0.05, 0.1) is 5.56 Å². The molecule has 0 fully saturated rings. The van der Waals surface area contributed by atoms with E-state index in [0.29, 0.717) is 22.7 Å². The summed E-state index contributed by atoms with van der Waals surface area (Å²) in [5, 5.41) is 2.68. The zero-order chi connectivity index (χ0) is 24.5. The van der Waals surface area contributed by atoms with Crippen LogP contribution in [0.5, 0.6) is 11.5 Å². The Morgan fingerprint density at radius 3 is 2.09 bits per heavy atom. The number of nitrogens with one attached hydrogen (secondary N) is 1. The lowest BCUT2D eigenvalue weighted by Crippen LogP contribution is -2.20. The van der Waals surface area contributed by atoms with Crippen LogP contribution in [0.3, 0.4) is 0 Å². The van der Waals surface area contributed by atoms with Crippen molar-refractivity contribution in [1.82, 2.24) is 0 Å². The maximum atomic E-state index is 12.2. The quantitative estimate of drug-likeness (QED) is 0.292. The number of ketones is 1. The average molecular weight is 461 g/mol. The van der Waals surface area contributed by atoms with E-state index in [-0.39, 0.29) is 18.1 Å². The molecule has 3 aromatic rings. The van der Waals surface area contributed by atoms with Gasteiger partial charge in [-0.3, -0.25) is 14.4 Å². The molecule has 0 aliphatic rings. The van der Waals surface area contributed by atoms with E-state index in [2.05, 4.69) is 5.32 Å². The molecule has 0 bridgehead atoms. The minimum Gasteiger partial charge on any atom is -0.483 e. The van der Waals surface area contributed by atoms with E-state index in [1.165, 1.54) is 43.3 Å². The molecule has 0 aliphatic heterocycles. The Labute approximate surface area is 196 Å². The summed E-state index contributed by atoms with van der Waals surface area (Å²) in [6, 6.07) is 19.4. The van der Waals surface area contributed by atoms with Gasteiger partial charge in [-0.15, -0.1) is 0 Å². The summed E-state index contributed by atoms with van der Waals surface area (Å²) in [7, 11) is 0. The molecule has 1 amide bonds. The first-order valence-electron chi connectivity index (χ1n) is 10.4. The summed E-state index contributed by atoms with van der Waals surface area (Å²) in [5.74, 6) is -0.940. The highest BCUT2D eigenvalue weighted by atomic mass is 16.5. The second-order valence-electron chi connectivity index (χ2n) is 7.30. The van der Waals surface area contributed by atoms with Crippen molar-refractivity contribution in [2.75, 3.05) is 18.5 Å². The van der Waals surface area contributed by atoms with Crippen molar-refractivity contribution in [3.8, 4) is 11.5 Å². The van der Waals surface area contributed by atoms with Gasteiger partial charge in [0, 0.05) is 18.2 Å². The van der Waals surface area contributed by atoms with Crippen LogP contribution in [-0.4, -0.2) is 36.8 Å². The molecule has 0 saturated carbocycles. The van der Waals surface area contributed by atoms with Crippen molar-refractivity contribution in [3.05, 3.63) is 89.5 Å². The average Bonchev–Trinajstić information content (AvgIpc) is 2.82. The topological polar surface area (TPSA) is 108 Å². The third-order valence-electron chi connectivity index (χ3n) is 4.63. The van der Waals surface area contributed by atoms with Gasteiger partial charge in [-0.1, -0.05) is 18.2 Å². The summed E-state index contributed by atoms with van der Waals surface area (Å²) in [6.07, 6.45) is 0. The fourth-order valence-corrected chi connectivity index (χ4v) is 2.92. The highest BCUT2D eigenvalue weighted by molar-refractivity contribution is 5.99. The van der Waals surface area contributed by atoms with Crippen LogP contribution in [-0.2, 0) is 14.3 Å². The van der Waals surface area contributed by atoms with Crippen LogP contribution >= 0.6 is 0 Å². The van der Waals surface area contributed by atoms with Gasteiger partial charge in [-0.25, -0.2) is 4.79 Å². The number of aryl methyl sites for hydroxylation is 1. The molecule has 1 N–H and O–H groups in total. The monoisotopic (exact) mass is 461 g/mol. The predicted octanol–water partition coefficient (Wildman–Crippen LogP) is 3.98. The van der Waals surface area contributed by atoms with Gasteiger partial charge in [0.15, 0.2) is 19.0 Å². The van der Waals surface area contributed by atoms with Crippen LogP contribution < -0.4 is 14.8 Å². The number of para-hydroxylation sites is 1. The molecular weight excluding hydrogens is 438 g/mol. The molecule has 3 rings (SSSR count). The Morgan fingerprint density at radius 1 is 0.794 bits per heavy atom. The van der Waals surface area contributed by atoms with Crippen LogP contribution in [0.1, 0.15) is 33.2 Å². The van der Waals surface area contributed by atoms with Gasteiger partial charge in [0.1, 0.15) is 11.5 Å². The molecule has 0 aliphatic carbocycles. The fourth-order valence-electron chi connectivity index (χ4n) is 2.92. The number of hydrogen-bond donors (Lipinski definition) is 1. The van der Waals surface area contributed by atoms with E-state index in [1.54, 1.807) is 18.2 Å². The van der Waals surface area contributed by atoms with E-state index < -0.39 is 24.3 Å². The number of carbonyl (C=O) groups is 4. The van der Waals surface area contributed by atoms with Gasteiger partial charge < -0.3 is 19.5 Å². The van der Waals surface area contributed by atoms with Crippen LogP contribution in [0.2, 0.25) is 0 Å². The number of rotatable bonds is 9. The maximum Gasteiger partial charge on any atom is 0.338 e. The standard InChI is InChI=1S/C26H23NO7/c1-17-5-3-4-6-24(17)32-16-25(30)27-21-11-7-20(8-12-21)26(31)33-15-23(29)19-9-13-22(14-10-19)34-18(2)28/h3-14H,15-16H2,1-2H3,(H,27,30). The number of anilines is 1. The summed E-state index contributed by atoms with van der Waals surface area (Å²) in [6.45, 7) is 2.57. The number of esters is 2. The normalized spacial score (nSPS) is 10.2. The summed E-state index contributed by atoms with van der Waals surface area (Å²) in [4.78, 5) is 47.5. The first-order valence-corrected chi connectivity index (χ1v) is 10.4. The molecule has 0 aromatic heterocycles. The second kappa shape index (κ2) is 11.4. The van der Waals surface area contributed by atoms with Gasteiger partial charge in [0.25, 0.3) is 5.91 Å². The van der Waals surface area contributed by atoms with Crippen LogP contribution in [0.4, 0.5) is 5.69 Å². The zero-order valence-corrected chi connectivity index (χ0v) is 18.7. The van der Waals surface area contributed by atoms with Gasteiger partial charge in [0.2, 0.25) is 0 Å². The molecule has 0 atom stereocenters. The Morgan fingerprint density at radius 2 is 1.44 bits per heavy atom. The molecule has 3 aromatic carbocycles. The molecule has 8 nitrogen and oxygen atoms in total. The van der Waals surface area contributed by atoms with E-state index in [9.17, 15) is 19.2 Å². The molecular formula is C26H23NO7. The lowest BCUT2D eigenvalue weighted by molar-refractivity contribution is -0.131. The minimum atomic E-state index is -0.675. The Bertz CT molecular complexity index is 1180. The molecule has 0 saturated heterocycles. The van der Waals surface area contributed by atoms with Gasteiger partial charge >= 0.3 is 11.9 Å². The first kappa shape index (κ1) is 24.2. The number of Topliss-reactive ketones (excluding diaryl/α,β-unsaturated/α-hetero) is 1. The highest BCUT2D eigenvalue weighted by Crippen LogP contribution is 2.17. The molecule has 0 unspecified atom stereocenters. The number of carbonyl (C=O) groups excluding carboxylic acids is 4. The van der Waals surface area contributed by atoms with Gasteiger partial charge in [-0.05, 0) is 67.1 Å². The smallest absolute Gasteiger partial charge is 0.338 e. The van der Waals surface area contributed by atoms with Crippen molar-refractivity contribution < 1.29 is 33.4 Å². The molecule has 0 radical (unpaired) electrons. The third-order valence-corrected chi connectivity index (χ3v) is 4.63. The summed E-state index contributed by atoms with van der Waals surface area (Å²) < 4.78 is 15.5. The van der Waals surface area contributed by atoms with Crippen molar-refractivity contribution >= 4 is 29.3 Å². The van der Waals surface area contributed by atoms with Crippen molar-refractivity contribution in [1.29, 1.82) is 0 Å². The molecule has 8 heteroatoms. The van der Waals surface area contributed by atoms with E-state index in [1.807, 2.05) is 25.1 Å². The predicted molar refractivity (Wildman–Crippen MR) is 124 cm³/mol. The number of benzene rings is 3. The van der Waals surface area contributed by atoms with E-state index in [0.717, 1.165) is 5.56 Å². The number of amides is 1. The van der Waals surface area contributed by atoms with Crippen LogP contribution in [0.15, 0.2) is 72.8 Å². The first-order chi connectivity index (χ1) is 16.3. The van der Waals surface area contributed by atoms with Crippen LogP contribution in [0, 0.1) is 6.92 Å². The lowest BCUT2D eigenvalue weighted by atomic mass is 10.1. The lowest BCUT2D eigenvalue weighted by Gasteiger charge is -2.10. The molecule has 174 valence electrons. The summed E-state index contributed by atoms with van der Waals surface area (Å²) >= 11 is 0. The maximum absolute atomic E-state index is 12.2. The number of ether oxygens (including phenoxy) is 3. The van der Waals surface area contributed by atoms with Crippen molar-refractivity contribution in [2.45, 2.75) is 13.8 Å². The number of hydrogen-bond acceptors (Lipinski definition) is 7. The Balaban J connectivity index is 1.46. The Kier molecular flexibility index (Phi) is 8.12. The minimum absolute atomic E-state index is 0.154. The van der Waals surface area contributed by atoms with Crippen LogP contribution in [0.25, 0.3) is 0 Å². The fraction of sp³-hybridized carbons (Fsp3) is 0.154. The van der Waals surface area contributed by atoms with Gasteiger partial charge in [-0.2, -0.15) is 0 Å². The summed E-state index contributed by atoms with van der Waals surface area (Å²) in [5.41, 5.74) is 1.95. The molecule has 0 spiro atoms. The van der Waals surface area contributed by atoms with E-state index in [4.69, 9.17) is 14.2 Å². The van der Waals surface area contributed by atoms with Crippen molar-refractivity contribution in [3.63, 3.8) is 0 Å². The highest BCUT2D eigenvalue weighted by Gasteiger charge is 2.13. The van der Waals surface area contributed by atoms with E-state index >= 15 is 0 Å². The third kappa shape index (κ3) is 7.03. The largest absolute Gasteiger partial charge is 0.483 e. The second-order valence-corrected chi connectivity index (χ2v) is 7.30. The zero-order valence-electron chi connectivity index (χ0n) is 18.7.